The zero-order chi connectivity index (χ0) is 12.4. The molecule has 0 spiro atoms. The van der Waals surface area contributed by atoms with E-state index in [2.05, 4.69) is 33.4 Å². The van der Waals surface area contributed by atoms with Crippen molar-refractivity contribution in [2.45, 2.75) is 44.7 Å². The zero-order valence-electron chi connectivity index (χ0n) is 10.4. The van der Waals surface area contributed by atoms with Crippen LogP contribution in [0.1, 0.15) is 37.9 Å². The minimum atomic E-state index is 0.676. The molecule has 1 saturated carbocycles. The fraction of sp³-hybridized carbons (Fsp3) is 0.467. The number of halogens is 1. The Balaban J connectivity index is 1.69. The van der Waals surface area contributed by atoms with Gasteiger partial charge in [0, 0.05) is 11.4 Å². The molecule has 2 aromatic rings. The molecule has 0 amide bonds. The summed E-state index contributed by atoms with van der Waals surface area (Å²) in [4.78, 5) is 0. The number of furan rings is 1. The third-order valence-electron chi connectivity index (χ3n) is 3.72. The van der Waals surface area contributed by atoms with Crippen molar-refractivity contribution in [1.29, 1.82) is 0 Å². The molecule has 0 aliphatic heterocycles. The summed E-state index contributed by atoms with van der Waals surface area (Å²) in [5.74, 6) is 1.03. The van der Waals surface area contributed by atoms with Crippen molar-refractivity contribution < 1.29 is 4.42 Å². The molecule has 0 saturated heterocycles. The molecular formula is C15H18BrNO. The maximum Gasteiger partial charge on any atom is 0.148 e. The van der Waals surface area contributed by atoms with E-state index in [1.807, 2.05) is 12.1 Å². The van der Waals surface area contributed by atoms with Crippen molar-refractivity contribution in [3.63, 3.8) is 0 Å². The van der Waals surface area contributed by atoms with Gasteiger partial charge in [-0.3, -0.25) is 0 Å². The van der Waals surface area contributed by atoms with Crippen LogP contribution in [0.15, 0.2) is 33.2 Å². The van der Waals surface area contributed by atoms with Crippen LogP contribution in [0.4, 0.5) is 0 Å². The van der Waals surface area contributed by atoms with Gasteiger partial charge in [-0.25, -0.2) is 0 Å². The first-order valence-electron chi connectivity index (χ1n) is 6.73. The van der Waals surface area contributed by atoms with E-state index in [4.69, 9.17) is 4.42 Å². The highest BCUT2D eigenvalue weighted by Crippen LogP contribution is 2.27. The molecule has 3 heteroatoms. The van der Waals surface area contributed by atoms with Crippen molar-refractivity contribution in [2.75, 3.05) is 0 Å². The fourth-order valence-electron chi connectivity index (χ4n) is 2.72. The molecule has 1 aromatic heterocycles. The Bertz CT molecular complexity index is 528. The van der Waals surface area contributed by atoms with Crippen LogP contribution in [0.2, 0.25) is 0 Å². The Morgan fingerprint density at radius 3 is 2.83 bits per heavy atom. The van der Waals surface area contributed by atoms with Crippen molar-refractivity contribution >= 4 is 26.9 Å². The van der Waals surface area contributed by atoms with Crippen LogP contribution in [0, 0.1) is 0 Å². The van der Waals surface area contributed by atoms with E-state index in [1.165, 1.54) is 37.5 Å². The van der Waals surface area contributed by atoms with Crippen molar-refractivity contribution in [3.8, 4) is 0 Å². The van der Waals surface area contributed by atoms with Gasteiger partial charge in [-0.15, -0.1) is 0 Å². The molecule has 96 valence electrons. The molecule has 1 aliphatic rings. The van der Waals surface area contributed by atoms with Gasteiger partial charge in [-0.05, 0) is 40.9 Å². The predicted molar refractivity (Wildman–Crippen MR) is 77.6 cm³/mol. The molecule has 18 heavy (non-hydrogen) atoms. The second kappa shape index (κ2) is 5.45. The second-order valence-corrected chi connectivity index (χ2v) is 5.94. The molecule has 1 heterocycles. The van der Waals surface area contributed by atoms with Crippen LogP contribution in [-0.2, 0) is 6.54 Å². The quantitative estimate of drug-likeness (QED) is 0.895. The van der Waals surface area contributed by atoms with Gasteiger partial charge in [0.05, 0.1) is 11.0 Å². The third kappa shape index (κ3) is 2.62. The molecule has 1 aromatic carbocycles. The van der Waals surface area contributed by atoms with Gasteiger partial charge in [-0.2, -0.15) is 0 Å². The van der Waals surface area contributed by atoms with Gasteiger partial charge in [0.2, 0.25) is 0 Å². The summed E-state index contributed by atoms with van der Waals surface area (Å²) in [5.41, 5.74) is 0.956. The Hall–Kier alpha value is -0.800. The average molecular weight is 308 g/mol. The Morgan fingerprint density at radius 1 is 1.22 bits per heavy atom. The minimum absolute atomic E-state index is 0.676. The zero-order valence-corrected chi connectivity index (χ0v) is 12.0. The van der Waals surface area contributed by atoms with E-state index < -0.39 is 0 Å². The molecule has 2 nitrogen and oxygen atoms in total. The summed E-state index contributed by atoms with van der Waals surface area (Å²) in [5, 5.41) is 4.78. The second-order valence-electron chi connectivity index (χ2n) is 5.09. The van der Waals surface area contributed by atoms with E-state index in [0.29, 0.717) is 6.04 Å². The molecule has 0 unspecified atom stereocenters. The van der Waals surface area contributed by atoms with Crippen LogP contribution in [-0.4, -0.2) is 6.04 Å². The minimum Gasteiger partial charge on any atom is -0.459 e. The van der Waals surface area contributed by atoms with E-state index in [0.717, 1.165) is 22.4 Å². The summed E-state index contributed by atoms with van der Waals surface area (Å²) in [6.45, 7) is 0.839. The lowest BCUT2D eigenvalue weighted by atomic mass is 9.95. The van der Waals surface area contributed by atoms with Crippen LogP contribution in [0.25, 0.3) is 11.0 Å². The lowest BCUT2D eigenvalue weighted by Crippen LogP contribution is -2.30. The van der Waals surface area contributed by atoms with Gasteiger partial charge in [-0.1, -0.05) is 31.4 Å². The lowest BCUT2D eigenvalue weighted by molar-refractivity contribution is 0.359. The van der Waals surface area contributed by atoms with Gasteiger partial charge < -0.3 is 9.73 Å². The Morgan fingerprint density at radius 2 is 2.06 bits per heavy atom. The summed E-state index contributed by atoms with van der Waals surface area (Å²) < 4.78 is 6.91. The maximum absolute atomic E-state index is 5.88. The summed E-state index contributed by atoms with van der Waals surface area (Å²) in [7, 11) is 0. The standard InChI is InChI=1S/C15H18BrNO/c16-14-8-4-5-11-9-13(18-15(11)14)10-17-12-6-2-1-3-7-12/h4-5,8-9,12,17H,1-3,6-7,10H2. The van der Waals surface area contributed by atoms with Crippen LogP contribution >= 0.6 is 15.9 Å². The van der Waals surface area contributed by atoms with Crippen LogP contribution < -0.4 is 5.32 Å². The van der Waals surface area contributed by atoms with Gasteiger partial charge in [0.25, 0.3) is 0 Å². The summed E-state index contributed by atoms with van der Waals surface area (Å²) in [6, 6.07) is 8.96. The van der Waals surface area contributed by atoms with Crippen LogP contribution in [0.3, 0.4) is 0 Å². The monoisotopic (exact) mass is 307 g/mol. The SMILES string of the molecule is Brc1cccc2cc(CNC3CCCCC3)oc12. The lowest BCUT2D eigenvalue weighted by Gasteiger charge is -2.22. The first kappa shape index (κ1) is 12.2. The average Bonchev–Trinajstić information content (AvgIpc) is 2.82. The molecule has 3 rings (SSSR count). The van der Waals surface area contributed by atoms with Crippen molar-refractivity contribution in [1.82, 2.24) is 5.32 Å². The van der Waals surface area contributed by atoms with Gasteiger partial charge in [0.1, 0.15) is 11.3 Å². The molecule has 0 bridgehead atoms. The fourth-order valence-corrected chi connectivity index (χ4v) is 3.18. The maximum atomic E-state index is 5.88. The van der Waals surface area contributed by atoms with Crippen molar-refractivity contribution in [2.24, 2.45) is 0 Å². The topological polar surface area (TPSA) is 25.2 Å². The third-order valence-corrected chi connectivity index (χ3v) is 4.34. The largest absolute Gasteiger partial charge is 0.459 e. The molecule has 1 N–H and O–H groups in total. The number of para-hydroxylation sites is 1. The number of hydrogen-bond acceptors (Lipinski definition) is 2. The molecule has 1 aliphatic carbocycles. The number of nitrogens with one attached hydrogen (secondary N) is 1. The number of rotatable bonds is 3. The summed E-state index contributed by atoms with van der Waals surface area (Å²) >= 11 is 3.52. The highest BCUT2D eigenvalue weighted by atomic mass is 79.9. The number of hydrogen-bond donors (Lipinski definition) is 1. The van der Waals surface area contributed by atoms with E-state index in [9.17, 15) is 0 Å². The van der Waals surface area contributed by atoms with Gasteiger partial charge in [0.15, 0.2) is 0 Å². The normalized spacial score (nSPS) is 17.4. The number of fused-ring (bicyclic) bond motifs is 1. The van der Waals surface area contributed by atoms with E-state index in [-0.39, 0.29) is 0 Å². The predicted octanol–water partition coefficient (Wildman–Crippen LogP) is 4.62. The summed E-state index contributed by atoms with van der Waals surface area (Å²) in [6.07, 6.45) is 6.75. The smallest absolute Gasteiger partial charge is 0.148 e. The van der Waals surface area contributed by atoms with Gasteiger partial charge >= 0.3 is 0 Å². The highest BCUT2D eigenvalue weighted by Gasteiger charge is 2.13. The molecule has 0 radical (unpaired) electrons. The molecule has 0 atom stereocenters. The van der Waals surface area contributed by atoms with E-state index in [1.54, 1.807) is 0 Å². The first-order valence-corrected chi connectivity index (χ1v) is 7.52. The molecular weight excluding hydrogens is 290 g/mol. The first-order chi connectivity index (χ1) is 8.83. The van der Waals surface area contributed by atoms with E-state index >= 15 is 0 Å². The Kier molecular flexibility index (Phi) is 3.71. The highest BCUT2D eigenvalue weighted by molar-refractivity contribution is 9.10. The number of benzene rings is 1. The van der Waals surface area contributed by atoms with Crippen LogP contribution in [0.5, 0.6) is 0 Å². The van der Waals surface area contributed by atoms with Crippen molar-refractivity contribution in [3.05, 3.63) is 34.5 Å². The Labute approximate surface area is 116 Å². The molecule has 1 fully saturated rings.